The van der Waals surface area contributed by atoms with E-state index in [1.807, 2.05) is 48.5 Å². The molecule has 0 unspecified atom stereocenters. The Hall–Kier alpha value is -2.27. The summed E-state index contributed by atoms with van der Waals surface area (Å²) in [4.78, 5) is 0.355. The van der Waals surface area contributed by atoms with E-state index in [0.717, 1.165) is 22.8 Å². The number of hydrogen-bond acceptors (Lipinski definition) is 4. The molecule has 2 aromatic carbocycles. The minimum atomic E-state index is 0.355. The molecule has 0 saturated heterocycles. The summed E-state index contributed by atoms with van der Waals surface area (Å²) in [6.07, 6.45) is 0. The van der Waals surface area contributed by atoms with E-state index in [4.69, 9.17) is 32.2 Å². The highest BCUT2D eigenvalue weighted by atomic mass is 32.1. The van der Waals surface area contributed by atoms with E-state index in [1.54, 1.807) is 7.11 Å². The van der Waals surface area contributed by atoms with Gasteiger partial charge in [-0.1, -0.05) is 30.4 Å². The van der Waals surface area contributed by atoms with Gasteiger partial charge in [-0.15, -0.1) is 0 Å². The van der Waals surface area contributed by atoms with Crippen LogP contribution in [0.3, 0.4) is 0 Å². The molecule has 0 heterocycles. The molecule has 2 N–H and O–H groups in total. The number of benzene rings is 2. The lowest BCUT2D eigenvalue weighted by Gasteiger charge is -2.10. The zero-order valence-corrected chi connectivity index (χ0v) is 12.6. The van der Waals surface area contributed by atoms with E-state index in [0.29, 0.717) is 18.2 Å². The second-order valence-corrected chi connectivity index (χ2v) is 4.71. The van der Waals surface area contributed by atoms with Crippen LogP contribution in [-0.4, -0.2) is 25.3 Å². The molecule has 4 nitrogen and oxygen atoms in total. The van der Waals surface area contributed by atoms with Crippen molar-refractivity contribution >= 4 is 17.2 Å². The fourth-order valence-electron chi connectivity index (χ4n) is 1.75. The largest absolute Gasteiger partial charge is 0.497 e. The van der Waals surface area contributed by atoms with Crippen LogP contribution in [0.2, 0.25) is 0 Å². The van der Waals surface area contributed by atoms with Crippen LogP contribution in [0.15, 0.2) is 48.5 Å². The fraction of sp³-hybridized carbons (Fsp3) is 0.188. The van der Waals surface area contributed by atoms with Gasteiger partial charge in [-0.2, -0.15) is 0 Å². The van der Waals surface area contributed by atoms with Crippen LogP contribution in [0.5, 0.6) is 17.2 Å². The third-order valence-corrected chi connectivity index (χ3v) is 3.02. The SMILES string of the molecule is COc1cccc(OCCOc2cccc(C(N)=S)c2)c1. The van der Waals surface area contributed by atoms with Gasteiger partial charge in [0.15, 0.2) is 0 Å². The Morgan fingerprint density at radius 3 is 2.14 bits per heavy atom. The van der Waals surface area contributed by atoms with Crippen molar-refractivity contribution < 1.29 is 14.2 Å². The average Bonchev–Trinajstić information content (AvgIpc) is 2.52. The molecule has 0 radical (unpaired) electrons. The number of ether oxygens (including phenoxy) is 3. The lowest BCUT2D eigenvalue weighted by molar-refractivity contribution is 0.216. The van der Waals surface area contributed by atoms with Crippen LogP contribution < -0.4 is 19.9 Å². The quantitative estimate of drug-likeness (QED) is 0.629. The van der Waals surface area contributed by atoms with Gasteiger partial charge < -0.3 is 19.9 Å². The van der Waals surface area contributed by atoms with Crippen LogP contribution in [0, 0.1) is 0 Å². The zero-order chi connectivity index (χ0) is 15.1. The second kappa shape index (κ2) is 7.50. The molecule has 0 bridgehead atoms. The minimum absolute atomic E-state index is 0.355. The highest BCUT2D eigenvalue weighted by Crippen LogP contribution is 2.19. The third-order valence-electron chi connectivity index (χ3n) is 2.78. The van der Waals surface area contributed by atoms with Gasteiger partial charge in [-0.05, 0) is 24.3 Å². The molecule has 0 atom stereocenters. The van der Waals surface area contributed by atoms with Gasteiger partial charge in [0.2, 0.25) is 0 Å². The first-order valence-corrected chi connectivity index (χ1v) is 6.89. The smallest absolute Gasteiger partial charge is 0.123 e. The molecule has 2 aromatic rings. The molecular formula is C16H17NO3S. The molecular weight excluding hydrogens is 286 g/mol. The van der Waals surface area contributed by atoms with Gasteiger partial charge in [0.05, 0.1) is 7.11 Å². The number of methoxy groups -OCH3 is 1. The van der Waals surface area contributed by atoms with Crippen LogP contribution in [0.4, 0.5) is 0 Å². The summed E-state index contributed by atoms with van der Waals surface area (Å²) in [6, 6.07) is 14.8. The Morgan fingerprint density at radius 2 is 1.52 bits per heavy atom. The Balaban J connectivity index is 1.81. The molecule has 5 heteroatoms. The van der Waals surface area contributed by atoms with Crippen LogP contribution in [0.25, 0.3) is 0 Å². The van der Waals surface area contributed by atoms with Gasteiger partial charge >= 0.3 is 0 Å². The minimum Gasteiger partial charge on any atom is -0.497 e. The Labute approximate surface area is 129 Å². The lowest BCUT2D eigenvalue weighted by atomic mass is 10.2. The van der Waals surface area contributed by atoms with Crippen LogP contribution in [-0.2, 0) is 0 Å². The van der Waals surface area contributed by atoms with E-state index < -0.39 is 0 Å². The fourth-order valence-corrected chi connectivity index (χ4v) is 1.88. The van der Waals surface area contributed by atoms with E-state index in [2.05, 4.69) is 0 Å². The van der Waals surface area contributed by atoms with Crippen molar-refractivity contribution in [3.8, 4) is 17.2 Å². The highest BCUT2D eigenvalue weighted by Gasteiger charge is 2.00. The highest BCUT2D eigenvalue weighted by molar-refractivity contribution is 7.80. The summed E-state index contributed by atoms with van der Waals surface area (Å²) >= 11 is 4.93. The average molecular weight is 303 g/mol. The number of rotatable bonds is 7. The van der Waals surface area contributed by atoms with Crippen molar-refractivity contribution in [2.75, 3.05) is 20.3 Å². The predicted octanol–water partition coefficient (Wildman–Crippen LogP) is 2.79. The Kier molecular flexibility index (Phi) is 5.40. The molecule has 0 spiro atoms. The van der Waals surface area contributed by atoms with Crippen molar-refractivity contribution in [3.05, 3.63) is 54.1 Å². The van der Waals surface area contributed by atoms with Gasteiger partial charge in [0.1, 0.15) is 35.5 Å². The van der Waals surface area contributed by atoms with Crippen molar-refractivity contribution in [2.45, 2.75) is 0 Å². The molecule has 0 fully saturated rings. The Bertz CT molecular complexity index is 616. The first-order valence-electron chi connectivity index (χ1n) is 6.48. The van der Waals surface area contributed by atoms with E-state index in [9.17, 15) is 0 Å². The standard InChI is InChI=1S/C16H17NO3S/c1-18-13-5-3-7-15(11-13)20-9-8-19-14-6-2-4-12(10-14)16(17)21/h2-7,10-11H,8-9H2,1H3,(H2,17,21). The van der Waals surface area contributed by atoms with Crippen molar-refractivity contribution in [3.63, 3.8) is 0 Å². The summed E-state index contributed by atoms with van der Waals surface area (Å²) < 4.78 is 16.3. The normalized spacial score (nSPS) is 9.95. The van der Waals surface area contributed by atoms with Crippen molar-refractivity contribution in [1.29, 1.82) is 0 Å². The van der Waals surface area contributed by atoms with Crippen LogP contribution >= 0.6 is 12.2 Å². The van der Waals surface area contributed by atoms with Gasteiger partial charge in [0, 0.05) is 11.6 Å². The maximum atomic E-state index is 5.60. The van der Waals surface area contributed by atoms with Gasteiger partial charge in [-0.25, -0.2) is 0 Å². The van der Waals surface area contributed by atoms with E-state index in [1.165, 1.54) is 0 Å². The molecule has 2 rings (SSSR count). The molecule has 0 aromatic heterocycles. The monoisotopic (exact) mass is 303 g/mol. The maximum absolute atomic E-state index is 5.60. The molecule has 0 aliphatic rings. The first-order chi connectivity index (χ1) is 10.2. The second-order valence-electron chi connectivity index (χ2n) is 4.27. The summed E-state index contributed by atoms with van der Waals surface area (Å²) in [6.45, 7) is 0.864. The molecule has 0 saturated carbocycles. The summed E-state index contributed by atoms with van der Waals surface area (Å²) in [5.74, 6) is 2.22. The van der Waals surface area contributed by atoms with Gasteiger partial charge in [-0.3, -0.25) is 0 Å². The molecule has 21 heavy (non-hydrogen) atoms. The summed E-state index contributed by atoms with van der Waals surface area (Å²) in [5, 5.41) is 0. The summed E-state index contributed by atoms with van der Waals surface area (Å²) in [7, 11) is 1.62. The zero-order valence-electron chi connectivity index (χ0n) is 11.7. The topological polar surface area (TPSA) is 53.7 Å². The third kappa shape index (κ3) is 4.65. The lowest BCUT2D eigenvalue weighted by Crippen LogP contribution is -2.11. The molecule has 0 aliphatic carbocycles. The van der Waals surface area contributed by atoms with E-state index in [-0.39, 0.29) is 0 Å². The summed E-state index contributed by atoms with van der Waals surface area (Å²) in [5.41, 5.74) is 6.37. The number of hydrogen-bond donors (Lipinski definition) is 1. The molecule has 0 aliphatic heterocycles. The maximum Gasteiger partial charge on any atom is 0.123 e. The number of thiocarbonyl (C=S) groups is 1. The molecule has 110 valence electrons. The van der Waals surface area contributed by atoms with Gasteiger partial charge in [0.25, 0.3) is 0 Å². The number of nitrogens with two attached hydrogens (primary N) is 1. The van der Waals surface area contributed by atoms with Crippen molar-refractivity contribution in [2.24, 2.45) is 5.73 Å². The molecule has 0 amide bonds. The first kappa shape index (κ1) is 15.1. The van der Waals surface area contributed by atoms with E-state index >= 15 is 0 Å². The predicted molar refractivity (Wildman–Crippen MR) is 86.3 cm³/mol. The van der Waals surface area contributed by atoms with Crippen LogP contribution in [0.1, 0.15) is 5.56 Å². The Morgan fingerprint density at radius 1 is 0.952 bits per heavy atom. The van der Waals surface area contributed by atoms with Crippen molar-refractivity contribution in [1.82, 2.24) is 0 Å².